The van der Waals surface area contributed by atoms with E-state index in [0.717, 1.165) is 0 Å². The molecule has 33 heavy (non-hydrogen) atoms. The van der Waals surface area contributed by atoms with Crippen molar-refractivity contribution in [1.82, 2.24) is 0 Å². The number of ether oxygens (including phenoxy) is 2. The van der Waals surface area contributed by atoms with Gasteiger partial charge in [0.2, 0.25) is 0 Å². The summed E-state index contributed by atoms with van der Waals surface area (Å²) in [6.07, 6.45) is -5.42. The SMILES string of the molecule is CCOC(=O)CC(C)C(=O)C(C(=O)OC(C)(C)C)C(=O)c1ccc(C(F)(F)F)cc1[N+](=O)[O-]. The quantitative estimate of drug-likeness (QED) is 0.173. The van der Waals surface area contributed by atoms with Crippen LogP contribution >= 0.6 is 0 Å². The summed E-state index contributed by atoms with van der Waals surface area (Å²) in [5, 5.41) is 11.4. The highest BCUT2D eigenvalue weighted by atomic mass is 19.4. The summed E-state index contributed by atoms with van der Waals surface area (Å²) in [5.41, 5.74) is -4.65. The molecule has 2 unspecified atom stereocenters. The second-order valence-electron chi connectivity index (χ2n) is 8.13. The van der Waals surface area contributed by atoms with E-state index in [1.165, 1.54) is 34.6 Å². The minimum absolute atomic E-state index is 0.0198. The molecule has 0 amide bonds. The van der Waals surface area contributed by atoms with E-state index in [4.69, 9.17) is 9.47 Å². The summed E-state index contributed by atoms with van der Waals surface area (Å²) in [6.45, 7) is 7.12. The molecule has 0 heterocycles. The molecule has 0 bridgehead atoms. The monoisotopic (exact) mass is 475 g/mol. The molecule has 0 spiro atoms. The van der Waals surface area contributed by atoms with Gasteiger partial charge in [-0.1, -0.05) is 6.92 Å². The van der Waals surface area contributed by atoms with Crippen LogP contribution in [0.25, 0.3) is 0 Å². The minimum atomic E-state index is -4.93. The molecule has 1 aromatic carbocycles. The summed E-state index contributed by atoms with van der Waals surface area (Å²) in [7, 11) is 0. The van der Waals surface area contributed by atoms with Crippen LogP contribution < -0.4 is 0 Å². The van der Waals surface area contributed by atoms with Crippen LogP contribution in [0.15, 0.2) is 18.2 Å². The van der Waals surface area contributed by atoms with Crippen molar-refractivity contribution in [2.45, 2.75) is 52.8 Å². The molecule has 1 aromatic rings. The van der Waals surface area contributed by atoms with Crippen LogP contribution in [0.5, 0.6) is 0 Å². The van der Waals surface area contributed by atoms with E-state index in [0.29, 0.717) is 12.1 Å². The fourth-order valence-electron chi connectivity index (χ4n) is 2.79. The van der Waals surface area contributed by atoms with E-state index in [2.05, 4.69) is 0 Å². The van der Waals surface area contributed by atoms with Gasteiger partial charge in [0.1, 0.15) is 5.60 Å². The Morgan fingerprint density at radius 1 is 1.12 bits per heavy atom. The maximum Gasteiger partial charge on any atom is 0.416 e. The lowest BCUT2D eigenvalue weighted by atomic mass is 9.85. The largest absolute Gasteiger partial charge is 0.466 e. The Morgan fingerprint density at radius 2 is 1.70 bits per heavy atom. The van der Waals surface area contributed by atoms with Crippen molar-refractivity contribution in [2.75, 3.05) is 6.61 Å². The standard InChI is InChI=1S/C21H24F3NO8/c1-6-32-15(26)9-11(2)17(27)16(19(29)33-20(3,4)5)18(28)13-8-7-12(21(22,23)24)10-14(13)25(30)31/h7-8,10-11,16H,6,9H2,1-5H3. The first-order chi connectivity index (χ1) is 15.0. The van der Waals surface area contributed by atoms with Gasteiger partial charge in [-0.3, -0.25) is 29.3 Å². The molecular weight excluding hydrogens is 451 g/mol. The van der Waals surface area contributed by atoms with E-state index in [9.17, 15) is 42.5 Å². The van der Waals surface area contributed by atoms with E-state index in [1.54, 1.807) is 0 Å². The number of carbonyl (C=O) groups excluding carboxylic acids is 4. The predicted octanol–water partition coefficient (Wildman–Crippen LogP) is 3.91. The molecule has 0 saturated heterocycles. The summed E-state index contributed by atoms with van der Waals surface area (Å²) < 4.78 is 48.8. The van der Waals surface area contributed by atoms with Crippen molar-refractivity contribution < 1.29 is 46.7 Å². The Morgan fingerprint density at radius 3 is 2.15 bits per heavy atom. The van der Waals surface area contributed by atoms with Gasteiger partial charge in [0.05, 0.1) is 29.1 Å². The zero-order chi connectivity index (χ0) is 25.7. The van der Waals surface area contributed by atoms with E-state index >= 15 is 0 Å². The van der Waals surface area contributed by atoms with Gasteiger partial charge in [0, 0.05) is 12.0 Å². The van der Waals surface area contributed by atoms with Crippen molar-refractivity contribution in [3.05, 3.63) is 39.4 Å². The third-order valence-electron chi connectivity index (χ3n) is 4.24. The number of hydrogen-bond donors (Lipinski definition) is 0. The van der Waals surface area contributed by atoms with E-state index in [1.807, 2.05) is 0 Å². The Labute approximate surface area is 187 Å². The number of Topliss-reactive ketones (excluding diaryl/α,β-unsaturated/α-hetero) is 2. The molecule has 0 fully saturated rings. The number of nitro benzene ring substituents is 1. The number of nitro groups is 1. The molecule has 0 N–H and O–H groups in total. The molecule has 0 aliphatic heterocycles. The number of halogens is 3. The van der Waals surface area contributed by atoms with Crippen molar-refractivity contribution in [1.29, 1.82) is 0 Å². The molecule has 9 nitrogen and oxygen atoms in total. The van der Waals surface area contributed by atoms with E-state index < -0.39 is 75.3 Å². The van der Waals surface area contributed by atoms with Gasteiger partial charge < -0.3 is 9.47 Å². The second kappa shape index (κ2) is 10.5. The van der Waals surface area contributed by atoms with Crippen LogP contribution in [0.1, 0.15) is 57.0 Å². The maximum absolute atomic E-state index is 13.1. The number of esters is 2. The average molecular weight is 475 g/mol. The van der Waals surface area contributed by atoms with Gasteiger partial charge >= 0.3 is 18.1 Å². The number of benzene rings is 1. The Bertz CT molecular complexity index is 950. The third kappa shape index (κ3) is 7.65. The normalized spacial score (nSPS) is 13.6. The summed E-state index contributed by atoms with van der Waals surface area (Å²) >= 11 is 0. The molecule has 12 heteroatoms. The van der Waals surface area contributed by atoms with Crippen LogP contribution in [-0.4, -0.2) is 40.6 Å². The predicted molar refractivity (Wildman–Crippen MR) is 107 cm³/mol. The van der Waals surface area contributed by atoms with Gasteiger partial charge in [-0.2, -0.15) is 13.2 Å². The van der Waals surface area contributed by atoms with Crippen molar-refractivity contribution in [2.24, 2.45) is 11.8 Å². The number of ketones is 2. The first-order valence-corrected chi connectivity index (χ1v) is 9.81. The van der Waals surface area contributed by atoms with Crippen LogP contribution in [0.2, 0.25) is 0 Å². The Kier molecular flexibility index (Phi) is 8.85. The fraction of sp³-hybridized carbons (Fsp3) is 0.524. The van der Waals surface area contributed by atoms with Crippen LogP contribution in [0, 0.1) is 22.0 Å². The highest BCUT2D eigenvalue weighted by Crippen LogP contribution is 2.34. The number of rotatable bonds is 9. The van der Waals surface area contributed by atoms with Gasteiger partial charge in [-0.05, 0) is 39.8 Å². The summed E-state index contributed by atoms with van der Waals surface area (Å²) in [4.78, 5) is 60.6. The number of nitrogens with zero attached hydrogens (tertiary/aromatic N) is 1. The smallest absolute Gasteiger partial charge is 0.416 e. The third-order valence-corrected chi connectivity index (χ3v) is 4.24. The number of alkyl halides is 3. The Hall–Kier alpha value is -3.31. The zero-order valence-electron chi connectivity index (χ0n) is 18.6. The van der Waals surface area contributed by atoms with Crippen LogP contribution in [-0.2, 0) is 30.0 Å². The Balaban J connectivity index is 3.51. The highest BCUT2D eigenvalue weighted by molar-refractivity contribution is 6.24. The molecule has 182 valence electrons. The molecule has 2 atom stereocenters. The van der Waals surface area contributed by atoms with Crippen molar-refractivity contribution in [3.8, 4) is 0 Å². The second-order valence-corrected chi connectivity index (χ2v) is 8.13. The molecular formula is C21H24F3NO8. The molecule has 0 aliphatic carbocycles. The van der Waals surface area contributed by atoms with Crippen molar-refractivity contribution in [3.63, 3.8) is 0 Å². The molecule has 0 radical (unpaired) electrons. The molecule has 1 rings (SSSR count). The lowest BCUT2D eigenvalue weighted by molar-refractivity contribution is -0.385. The van der Waals surface area contributed by atoms with E-state index in [-0.39, 0.29) is 12.7 Å². The van der Waals surface area contributed by atoms with Gasteiger partial charge in [0.25, 0.3) is 5.69 Å². The first kappa shape index (κ1) is 27.7. The van der Waals surface area contributed by atoms with Crippen LogP contribution in [0.3, 0.4) is 0 Å². The van der Waals surface area contributed by atoms with Gasteiger partial charge in [-0.25, -0.2) is 0 Å². The molecule has 0 aromatic heterocycles. The lowest BCUT2D eigenvalue weighted by Crippen LogP contribution is -2.40. The average Bonchev–Trinajstić information content (AvgIpc) is 2.65. The lowest BCUT2D eigenvalue weighted by Gasteiger charge is -2.24. The summed E-state index contributed by atoms with van der Waals surface area (Å²) in [5.74, 6) is -8.08. The highest BCUT2D eigenvalue weighted by Gasteiger charge is 2.43. The topological polar surface area (TPSA) is 130 Å². The van der Waals surface area contributed by atoms with Crippen molar-refractivity contribution >= 4 is 29.2 Å². The zero-order valence-corrected chi connectivity index (χ0v) is 18.6. The first-order valence-electron chi connectivity index (χ1n) is 9.81. The van der Waals surface area contributed by atoms with Gasteiger partial charge in [0.15, 0.2) is 17.5 Å². The fourth-order valence-corrected chi connectivity index (χ4v) is 2.79. The van der Waals surface area contributed by atoms with Crippen LogP contribution in [0.4, 0.5) is 18.9 Å². The van der Waals surface area contributed by atoms with Gasteiger partial charge in [-0.15, -0.1) is 0 Å². The maximum atomic E-state index is 13.1. The minimum Gasteiger partial charge on any atom is -0.466 e. The summed E-state index contributed by atoms with van der Waals surface area (Å²) in [6, 6.07) is 1.11. The number of hydrogen-bond acceptors (Lipinski definition) is 8. The molecule has 0 aliphatic rings. The number of carbonyl (C=O) groups is 4. The molecule has 0 saturated carbocycles.